The summed E-state index contributed by atoms with van der Waals surface area (Å²) in [6, 6.07) is -1.06. The standard InChI is InChI=1S/C2H4N3O4.K/c3-1(6)5-9-2(7)4-8;/h(H4-,3,4,5,6,7,8);/q-1;+1. The second kappa shape index (κ2) is 7.25. The van der Waals surface area contributed by atoms with Crippen LogP contribution in [0.5, 0.6) is 0 Å². The number of primary amides is 1. The number of nitrogens with one attached hydrogen (secondary N) is 2. The van der Waals surface area contributed by atoms with E-state index in [4.69, 9.17) is 0 Å². The fourth-order valence-corrected chi connectivity index (χ4v) is 0.117. The number of carbonyl (C=O) groups is 2. The first-order valence-corrected chi connectivity index (χ1v) is 1.81. The van der Waals surface area contributed by atoms with Crippen LogP contribution in [-0.4, -0.2) is 12.1 Å². The molecule has 0 rings (SSSR count). The van der Waals surface area contributed by atoms with Gasteiger partial charge in [-0.05, 0) is 0 Å². The Balaban J connectivity index is 0. The summed E-state index contributed by atoms with van der Waals surface area (Å²) in [6.07, 6.45) is -1.33. The minimum absolute atomic E-state index is 0. The molecule has 0 aliphatic carbocycles. The zero-order chi connectivity index (χ0) is 7.28. The molecule has 0 aliphatic heterocycles. The van der Waals surface area contributed by atoms with Crippen LogP contribution in [0, 0.1) is 5.21 Å². The Hall–Kier alpha value is 0.136. The van der Waals surface area contributed by atoms with Crippen molar-refractivity contribution in [2.24, 2.45) is 5.73 Å². The van der Waals surface area contributed by atoms with Crippen molar-refractivity contribution in [3.05, 3.63) is 5.21 Å². The minimum Gasteiger partial charge on any atom is -0.756 e. The van der Waals surface area contributed by atoms with Gasteiger partial charge in [0.2, 0.25) is 0 Å². The second-order valence-electron chi connectivity index (χ2n) is 0.958. The molecular weight excluding hydrogens is 169 g/mol. The van der Waals surface area contributed by atoms with Crippen LogP contribution in [-0.2, 0) is 4.84 Å². The largest absolute Gasteiger partial charge is 1.00 e. The molecule has 0 radical (unpaired) electrons. The van der Waals surface area contributed by atoms with E-state index in [9.17, 15) is 14.8 Å². The molecule has 3 amide bonds. The smallest absolute Gasteiger partial charge is 0.756 e. The molecule has 0 aromatic carbocycles. The van der Waals surface area contributed by atoms with Gasteiger partial charge in [-0.2, -0.15) is 5.48 Å². The maximum atomic E-state index is 9.80. The first-order valence-electron chi connectivity index (χ1n) is 1.81. The average molecular weight is 173 g/mol. The van der Waals surface area contributed by atoms with Crippen molar-refractivity contribution in [2.75, 3.05) is 0 Å². The molecule has 0 unspecified atom stereocenters. The molecule has 0 saturated heterocycles. The molecule has 7 nitrogen and oxygen atoms in total. The maximum Gasteiger partial charge on any atom is 1.00 e. The summed E-state index contributed by atoms with van der Waals surface area (Å²) in [7, 11) is 0. The van der Waals surface area contributed by atoms with Crippen molar-refractivity contribution < 1.29 is 65.8 Å². The molecule has 0 fully saturated rings. The molecule has 0 aliphatic rings. The van der Waals surface area contributed by atoms with Crippen molar-refractivity contribution in [1.29, 1.82) is 0 Å². The van der Waals surface area contributed by atoms with E-state index in [1.165, 1.54) is 5.48 Å². The van der Waals surface area contributed by atoms with Gasteiger partial charge in [0.25, 0.3) is 0 Å². The van der Waals surface area contributed by atoms with Gasteiger partial charge in [-0.3, -0.25) is 0 Å². The molecular formula is C2H4KN3O4. The zero-order valence-electron chi connectivity index (χ0n) is 5.21. The number of amides is 3. The molecule has 0 aromatic rings. The quantitative estimate of drug-likeness (QED) is 0.254. The van der Waals surface area contributed by atoms with Gasteiger partial charge in [-0.25, -0.2) is 9.59 Å². The van der Waals surface area contributed by atoms with Crippen LogP contribution in [0.4, 0.5) is 9.59 Å². The molecule has 10 heavy (non-hydrogen) atoms. The van der Waals surface area contributed by atoms with Crippen LogP contribution in [0.25, 0.3) is 0 Å². The van der Waals surface area contributed by atoms with Gasteiger partial charge in [-0.1, -0.05) is 0 Å². The predicted molar refractivity (Wildman–Crippen MR) is 25.7 cm³/mol. The van der Waals surface area contributed by atoms with E-state index >= 15 is 0 Å². The number of carbonyl (C=O) groups excluding carboxylic acids is 2. The van der Waals surface area contributed by atoms with Crippen molar-refractivity contribution in [3.8, 4) is 0 Å². The predicted octanol–water partition coefficient (Wildman–Crippen LogP) is -4.20. The van der Waals surface area contributed by atoms with Crippen LogP contribution >= 0.6 is 0 Å². The molecule has 0 heterocycles. The Labute approximate surface area is 98.6 Å². The third-order valence-corrected chi connectivity index (χ3v) is 0.328. The van der Waals surface area contributed by atoms with Crippen LogP contribution in [0.2, 0.25) is 0 Å². The molecule has 0 aromatic heterocycles. The van der Waals surface area contributed by atoms with Crippen LogP contribution in [0.15, 0.2) is 0 Å². The van der Waals surface area contributed by atoms with Gasteiger partial charge in [0.15, 0.2) is 0 Å². The fourth-order valence-electron chi connectivity index (χ4n) is 0.117. The normalized spacial score (nSPS) is 6.90. The van der Waals surface area contributed by atoms with Crippen LogP contribution in [0.3, 0.4) is 0 Å². The molecule has 4 N–H and O–H groups in total. The van der Waals surface area contributed by atoms with Gasteiger partial charge in [0.05, 0.1) is 0 Å². The Bertz CT molecular complexity index is 128. The van der Waals surface area contributed by atoms with Crippen molar-refractivity contribution in [1.82, 2.24) is 11.0 Å². The Morgan fingerprint density at radius 2 is 2.00 bits per heavy atom. The summed E-state index contributed by atoms with van der Waals surface area (Å²) >= 11 is 0. The number of hydrogen-bond donors (Lipinski definition) is 3. The van der Waals surface area contributed by atoms with Gasteiger partial charge < -0.3 is 21.3 Å². The molecule has 0 bridgehead atoms. The Morgan fingerprint density at radius 3 is 2.30 bits per heavy atom. The van der Waals surface area contributed by atoms with Crippen LogP contribution < -0.4 is 68.1 Å². The van der Waals surface area contributed by atoms with Crippen molar-refractivity contribution >= 4 is 12.1 Å². The second-order valence-corrected chi connectivity index (χ2v) is 0.958. The number of hydroxylamine groups is 2. The van der Waals surface area contributed by atoms with E-state index in [2.05, 4.69) is 10.6 Å². The number of hydrogen-bond acceptors (Lipinski definition) is 4. The Kier molecular flexibility index (Phi) is 9.26. The minimum atomic E-state index is -1.33. The summed E-state index contributed by atoms with van der Waals surface area (Å²) < 4.78 is 0. The zero-order valence-corrected chi connectivity index (χ0v) is 8.33. The summed E-state index contributed by atoms with van der Waals surface area (Å²) in [5.74, 6) is 0. The van der Waals surface area contributed by atoms with E-state index in [0.717, 1.165) is 5.48 Å². The molecule has 0 spiro atoms. The van der Waals surface area contributed by atoms with Crippen molar-refractivity contribution in [3.63, 3.8) is 0 Å². The molecule has 0 atom stereocenters. The van der Waals surface area contributed by atoms with E-state index in [1.807, 2.05) is 0 Å². The Morgan fingerprint density at radius 1 is 1.50 bits per heavy atom. The van der Waals surface area contributed by atoms with Crippen LogP contribution in [0.1, 0.15) is 0 Å². The summed E-state index contributed by atoms with van der Waals surface area (Å²) in [5, 5.41) is 9.33. The first-order chi connectivity index (χ1) is 4.16. The van der Waals surface area contributed by atoms with E-state index in [-0.39, 0.29) is 51.4 Å². The third kappa shape index (κ3) is 8.14. The van der Waals surface area contributed by atoms with E-state index in [0.29, 0.717) is 0 Å². The number of rotatable bonds is 0. The van der Waals surface area contributed by atoms with Gasteiger partial charge in [-0.15, -0.1) is 0 Å². The summed E-state index contributed by atoms with van der Waals surface area (Å²) in [5.41, 5.74) is 6.70. The average Bonchev–Trinajstić information content (AvgIpc) is 1.83. The number of urea groups is 1. The SMILES string of the molecule is NC(=O)NOC(=O)N[O-].[K+]. The molecule has 52 valence electrons. The molecule has 0 saturated carbocycles. The first kappa shape index (κ1) is 12.8. The van der Waals surface area contributed by atoms with Gasteiger partial charge >= 0.3 is 63.5 Å². The van der Waals surface area contributed by atoms with E-state index in [1.54, 1.807) is 0 Å². The van der Waals surface area contributed by atoms with Gasteiger partial charge in [0.1, 0.15) is 0 Å². The monoisotopic (exact) mass is 173 g/mol. The van der Waals surface area contributed by atoms with Crippen molar-refractivity contribution in [2.45, 2.75) is 0 Å². The third-order valence-electron chi connectivity index (χ3n) is 0.328. The number of nitrogens with two attached hydrogens (primary N) is 1. The van der Waals surface area contributed by atoms with Gasteiger partial charge in [0, 0.05) is 0 Å². The van der Waals surface area contributed by atoms with E-state index < -0.39 is 12.1 Å². The topological polar surface area (TPSA) is 117 Å². The summed E-state index contributed by atoms with van der Waals surface area (Å²) in [6.45, 7) is 0. The summed E-state index contributed by atoms with van der Waals surface area (Å²) in [4.78, 5) is 23.2. The maximum absolute atomic E-state index is 9.80. The molecule has 8 heteroatoms. The fraction of sp³-hybridized carbons (Fsp3) is 0.